The predicted molar refractivity (Wildman–Crippen MR) is 72.0 cm³/mol. The van der Waals surface area contributed by atoms with Crippen molar-refractivity contribution < 1.29 is 9.72 Å². The smallest absolute Gasteiger partial charge is 0.273 e. The first-order chi connectivity index (χ1) is 9.49. The molecule has 2 aromatic rings. The third-order valence-corrected chi connectivity index (χ3v) is 3.13. The van der Waals surface area contributed by atoms with E-state index < -0.39 is 10.8 Å². The number of hydrogen-bond donors (Lipinski definition) is 1. The Balaban J connectivity index is 2.39. The summed E-state index contributed by atoms with van der Waals surface area (Å²) in [5.74, 6) is -0.594. The van der Waals surface area contributed by atoms with Crippen molar-refractivity contribution in [1.29, 1.82) is 0 Å². The lowest BCUT2D eigenvalue weighted by Crippen LogP contribution is -2.15. The number of nitro groups is 1. The molecule has 0 fully saturated rings. The number of amides is 1. The van der Waals surface area contributed by atoms with Gasteiger partial charge in [0.25, 0.3) is 5.69 Å². The normalized spacial score (nSPS) is 12.1. The van der Waals surface area contributed by atoms with E-state index in [-0.39, 0.29) is 18.2 Å². The van der Waals surface area contributed by atoms with Crippen LogP contribution in [0.1, 0.15) is 24.1 Å². The molecule has 7 nitrogen and oxygen atoms in total. The molecule has 1 amide bonds. The Labute approximate surface area is 115 Å². The molecule has 1 aromatic carbocycles. The van der Waals surface area contributed by atoms with E-state index in [1.807, 2.05) is 11.5 Å². The number of nitrogens with two attached hydrogens (primary N) is 1. The van der Waals surface area contributed by atoms with Crippen LogP contribution in [0.15, 0.2) is 36.9 Å². The largest absolute Gasteiger partial charge is 0.369 e. The van der Waals surface area contributed by atoms with Gasteiger partial charge in [0.2, 0.25) is 5.91 Å². The Kier molecular flexibility index (Phi) is 3.79. The number of rotatable bonds is 5. The summed E-state index contributed by atoms with van der Waals surface area (Å²) in [6, 6.07) is 4.73. The Hall–Kier alpha value is -2.70. The van der Waals surface area contributed by atoms with Gasteiger partial charge in [0, 0.05) is 24.0 Å². The maximum absolute atomic E-state index is 11.1. The van der Waals surface area contributed by atoms with E-state index in [1.165, 1.54) is 6.07 Å². The van der Waals surface area contributed by atoms with Gasteiger partial charge >= 0.3 is 0 Å². The zero-order valence-electron chi connectivity index (χ0n) is 10.9. The zero-order chi connectivity index (χ0) is 14.7. The molecule has 1 aromatic heterocycles. The highest BCUT2D eigenvalue weighted by atomic mass is 16.6. The molecule has 0 spiro atoms. The minimum Gasteiger partial charge on any atom is -0.369 e. The van der Waals surface area contributed by atoms with Crippen molar-refractivity contribution >= 4 is 11.6 Å². The van der Waals surface area contributed by atoms with Crippen LogP contribution in [0.2, 0.25) is 0 Å². The van der Waals surface area contributed by atoms with E-state index in [1.54, 1.807) is 30.9 Å². The van der Waals surface area contributed by atoms with Crippen LogP contribution in [0.5, 0.6) is 0 Å². The highest BCUT2D eigenvalue weighted by Gasteiger charge is 2.18. The molecular formula is C13H14N4O3. The van der Waals surface area contributed by atoms with Gasteiger partial charge in [0.15, 0.2) is 0 Å². The molecule has 1 atom stereocenters. The van der Waals surface area contributed by atoms with E-state index in [0.29, 0.717) is 5.56 Å². The summed E-state index contributed by atoms with van der Waals surface area (Å²) < 4.78 is 1.84. The number of imidazole rings is 1. The number of carbonyl (C=O) groups excluding carboxylic acids is 1. The van der Waals surface area contributed by atoms with Gasteiger partial charge in [-0.15, -0.1) is 0 Å². The highest BCUT2D eigenvalue weighted by molar-refractivity contribution is 5.78. The molecule has 0 aliphatic heterocycles. The van der Waals surface area contributed by atoms with Crippen LogP contribution in [0.3, 0.4) is 0 Å². The molecule has 2 rings (SSSR count). The van der Waals surface area contributed by atoms with Gasteiger partial charge in [0.05, 0.1) is 23.7 Å². The van der Waals surface area contributed by atoms with Gasteiger partial charge in [-0.3, -0.25) is 14.9 Å². The lowest BCUT2D eigenvalue weighted by Gasteiger charge is -2.14. The predicted octanol–water partition coefficient (Wildman–Crippen LogP) is 1.43. The first-order valence-electron chi connectivity index (χ1n) is 6.02. The molecule has 0 aliphatic carbocycles. The van der Waals surface area contributed by atoms with E-state index in [0.717, 1.165) is 5.56 Å². The first-order valence-corrected chi connectivity index (χ1v) is 6.02. The van der Waals surface area contributed by atoms with Gasteiger partial charge in [0.1, 0.15) is 0 Å². The van der Waals surface area contributed by atoms with Crippen LogP contribution >= 0.6 is 0 Å². The van der Waals surface area contributed by atoms with Crippen LogP contribution in [0.4, 0.5) is 5.69 Å². The summed E-state index contributed by atoms with van der Waals surface area (Å²) in [4.78, 5) is 25.5. The van der Waals surface area contributed by atoms with Crippen LogP contribution in [-0.4, -0.2) is 20.4 Å². The molecule has 1 heterocycles. The lowest BCUT2D eigenvalue weighted by atomic mass is 10.0. The van der Waals surface area contributed by atoms with E-state index in [2.05, 4.69) is 4.98 Å². The van der Waals surface area contributed by atoms with E-state index >= 15 is 0 Å². The molecule has 2 N–H and O–H groups in total. The van der Waals surface area contributed by atoms with Gasteiger partial charge in [-0.25, -0.2) is 4.98 Å². The summed E-state index contributed by atoms with van der Waals surface area (Å²) in [5, 5.41) is 11.1. The third kappa shape index (κ3) is 2.82. The van der Waals surface area contributed by atoms with Gasteiger partial charge in [-0.05, 0) is 12.5 Å². The highest BCUT2D eigenvalue weighted by Crippen LogP contribution is 2.26. The molecule has 0 aliphatic rings. The van der Waals surface area contributed by atoms with E-state index in [9.17, 15) is 14.9 Å². The molecule has 0 radical (unpaired) electrons. The molecule has 0 bridgehead atoms. The Morgan fingerprint density at radius 2 is 2.30 bits per heavy atom. The number of carbonyl (C=O) groups is 1. The topological polar surface area (TPSA) is 104 Å². The van der Waals surface area contributed by atoms with Crippen molar-refractivity contribution in [3.05, 3.63) is 58.2 Å². The van der Waals surface area contributed by atoms with Crippen LogP contribution in [0.25, 0.3) is 0 Å². The molecule has 1 unspecified atom stereocenters. The van der Waals surface area contributed by atoms with E-state index in [4.69, 9.17) is 5.73 Å². The SMILES string of the molecule is CC(c1ccc(CC(N)=O)c([N+](=O)[O-])c1)n1ccnc1. The average Bonchev–Trinajstić information content (AvgIpc) is 2.91. The molecular weight excluding hydrogens is 260 g/mol. The molecule has 20 heavy (non-hydrogen) atoms. The van der Waals surface area contributed by atoms with Gasteiger partial charge in [-0.1, -0.05) is 12.1 Å². The second kappa shape index (κ2) is 5.52. The summed E-state index contributed by atoms with van der Waals surface area (Å²) in [6.45, 7) is 1.91. The van der Waals surface area contributed by atoms with Gasteiger partial charge < -0.3 is 10.3 Å². The second-order valence-corrected chi connectivity index (χ2v) is 4.47. The Morgan fingerprint density at radius 3 is 2.85 bits per heavy atom. The maximum atomic E-state index is 11.1. The van der Waals surface area contributed by atoms with Crippen LogP contribution in [-0.2, 0) is 11.2 Å². The molecule has 0 saturated heterocycles. The van der Waals surface area contributed by atoms with Crippen LogP contribution in [0, 0.1) is 10.1 Å². The fraction of sp³-hybridized carbons (Fsp3) is 0.231. The summed E-state index contributed by atoms with van der Waals surface area (Å²) in [7, 11) is 0. The molecule has 7 heteroatoms. The first kappa shape index (κ1) is 13.7. The quantitative estimate of drug-likeness (QED) is 0.657. The van der Waals surface area contributed by atoms with Crippen LogP contribution < -0.4 is 5.73 Å². The van der Waals surface area contributed by atoms with Crippen molar-refractivity contribution in [2.24, 2.45) is 5.73 Å². The second-order valence-electron chi connectivity index (χ2n) is 4.47. The summed E-state index contributed by atoms with van der Waals surface area (Å²) in [5.41, 5.74) is 6.09. The van der Waals surface area contributed by atoms with Gasteiger partial charge in [-0.2, -0.15) is 0 Å². The maximum Gasteiger partial charge on any atom is 0.273 e. The minimum atomic E-state index is -0.594. The van der Waals surface area contributed by atoms with Crippen molar-refractivity contribution in [2.45, 2.75) is 19.4 Å². The zero-order valence-corrected chi connectivity index (χ0v) is 10.9. The van der Waals surface area contributed by atoms with Crippen molar-refractivity contribution in [3.63, 3.8) is 0 Å². The molecule has 0 saturated carbocycles. The Morgan fingerprint density at radius 1 is 1.55 bits per heavy atom. The van der Waals surface area contributed by atoms with Crippen molar-refractivity contribution in [2.75, 3.05) is 0 Å². The minimum absolute atomic E-state index is 0.0844. The Bertz CT molecular complexity index is 637. The number of nitrogens with zero attached hydrogens (tertiary/aromatic N) is 3. The number of benzene rings is 1. The summed E-state index contributed by atoms with van der Waals surface area (Å²) >= 11 is 0. The summed E-state index contributed by atoms with van der Waals surface area (Å²) in [6.07, 6.45) is 4.93. The standard InChI is InChI=1S/C13H14N4O3/c1-9(16-5-4-15-8-16)10-2-3-11(7-13(14)18)12(6-10)17(19)20/h2-6,8-9H,7H2,1H3,(H2,14,18). The fourth-order valence-corrected chi connectivity index (χ4v) is 2.02. The number of primary amides is 1. The lowest BCUT2D eigenvalue weighted by molar-refractivity contribution is -0.385. The monoisotopic (exact) mass is 274 g/mol. The number of hydrogen-bond acceptors (Lipinski definition) is 4. The van der Waals surface area contributed by atoms with Crippen molar-refractivity contribution in [3.8, 4) is 0 Å². The number of nitro benzene ring substituents is 1. The van der Waals surface area contributed by atoms with Crippen molar-refractivity contribution in [1.82, 2.24) is 9.55 Å². The average molecular weight is 274 g/mol. The third-order valence-electron chi connectivity index (χ3n) is 3.13. The fourth-order valence-electron chi connectivity index (χ4n) is 2.02. The molecule has 104 valence electrons. The number of aromatic nitrogens is 2.